The average molecular weight is 158 g/mol. The molecule has 1 aliphatic rings. The molecule has 62 valence electrons. The molecule has 1 rings (SSSR count). The molecule has 0 N–H and O–H groups in total. The quantitative estimate of drug-likeness (QED) is 0.576. The molecule has 0 heterocycles. The Kier molecular flexibility index (Phi) is 2.49. The Morgan fingerprint density at radius 2 is 1.42 bits per heavy atom. The molecule has 0 nitrogen and oxygen atoms in total. The summed E-state index contributed by atoms with van der Waals surface area (Å²) in [6, 6.07) is 0. The van der Waals surface area contributed by atoms with Gasteiger partial charge in [-0.15, -0.1) is 0 Å². The van der Waals surface area contributed by atoms with E-state index in [0.29, 0.717) is 0 Å². The fourth-order valence-electron chi connectivity index (χ4n) is 1.40. The van der Waals surface area contributed by atoms with Crippen molar-refractivity contribution in [1.29, 1.82) is 0 Å². The Morgan fingerprint density at radius 3 is 1.75 bits per heavy atom. The highest BCUT2D eigenvalue weighted by Gasteiger charge is 2.05. The van der Waals surface area contributed by atoms with Gasteiger partial charge in [-0.05, 0) is 25.0 Å². The van der Waals surface area contributed by atoms with Gasteiger partial charge in [0.25, 0.3) is 0 Å². The SMILES string of the molecule is C=C(C)C(C(=C)C)=C1C=CC=C1. The first-order valence-electron chi connectivity index (χ1n) is 4.03. The zero-order valence-electron chi connectivity index (χ0n) is 7.72. The van der Waals surface area contributed by atoms with Crippen LogP contribution in [-0.4, -0.2) is 0 Å². The molecule has 12 heavy (non-hydrogen) atoms. The summed E-state index contributed by atoms with van der Waals surface area (Å²) < 4.78 is 0. The minimum Gasteiger partial charge on any atom is -0.0955 e. The molecular weight excluding hydrogens is 144 g/mol. The number of allylic oxidation sites excluding steroid dienone is 8. The van der Waals surface area contributed by atoms with Crippen molar-refractivity contribution < 1.29 is 0 Å². The fourth-order valence-corrected chi connectivity index (χ4v) is 1.40. The Bertz CT molecular complexity index is 279. The predicted octanol–water partition coefficient (Wildman–Crippen LogP) is 3.56. The maximum atomic E-state index is 3.93. The van der Waals surface area contributed by atoms with Crippen molar-refractivity contribution in [3.8, 4) is 0 Å². The lowest BCUT2D eigenvalue weighted by molar-refractivity contribution is 1.32. The van der Waals surface area contributed by atoms with Crippen molar-refractivity contribution in [1.82, 2.24) is 0 Å². The van der Waals surface area contributed by atoms with E-state index >= 15 is 0 Å². The standard InChI is InChI=1S/C12H14/c1-9(2)12(10(3)4)11-7-5-6-8-11/h5-8H,1,3H2,2,4H3. The summed E-state index contributed by atoms with van der Waals surface area (Å²) >= 11 is 0. The van der Waals surface area contributed by atoms with Gasteiger partial charge in [0, 0.05) is 0 Å². The van der Waals surface area contributed by atoms with Crippen LogP contribution in [0.3, 0.4) is 0 Å². The van der Waals surface area contributed by atoms with Gasteiger partial charge in [-0.1, -0.05) is 48.6 Å². The van der Waals surface area contributed by atoms with Crippen molar-refractivity contribution in [3.05, 3.63) is 59.8 Å². The van der Waals surface area contributed by atoms with Crippen LogP contribution in [0.25, 0.3) is 0 Å². The molecule has 0 heteroatoms. The first-order valence-corrected chi connectivity index (χ1v) is 4.03. The van der Waals surface area contributed by atoms with Gasteiger partial charge in [0.2, 0.25) is 0 Å². The van der Waals surface area contributed by atoms with E-state index in [1.54, 1.807) is 0 Å². The predicted molar refractivity (Wildman–Crippen MR) is 54.9 cm³/mol. The lowest BCUT2D eigenvalue weighted by Gasteiger charge is -2.08. The van der Waals surface area contributed by atoms with Gasteiger partial charge in [0.15, 0.2) is 0 Å². The largest absolute Gasteiger partial charge is 0.0955 e. The molecule has 0 aromatic heterocycles. The summed E-state index contributed by atoms with van der Waals surface area (Å²) in [5, 5.41) is 0. The van der Waals surface area contributed by atoms with Crippen LogP contribution in [-0.2, 0) is 0 Å². The van der Waals surface area contributed by atoms with E-state index < -0.39 is 0 Å². The number of hydrogen-bond acceptors (Lipinski definition) is 0. The van der Waals surface area contributed by atoms with E-state index in [-0.39, 0.29) is 0 Å². The Hall–Kier alpha value is -1.30. The third-order valence-corrected chi connectivity index (χ3v) is 1.80. The normalized spacial score (nSPS) is 13.7. The summed E-state index contributed by atoms with van der Waals surface area (Å²) in [6.45, 7) is 11.9. The van der Waals surface area contributed by atoms with Gasteiger partial charge in [-0.3, -0.25) is 0 Å². The average Bonchev–Trinajstić information content (AvgIpc) is 2.37. The van der Waals surface area contributed by atoms with Gasteiger partial charge in [-0.25, -0.2) is 0 Å². The van der Waals surface area contributed by atoms with Crippen molar-refractivity contribution in [2.75, 3.05) is 0 Å². The third-order valence-electron chi connectivity index (χ3n) is 1.80. The van der Waals surface area contributed by atoms with Gasteiger partial charge < -0.3 is 0 Å². The zero-order valence-corrected chi connectivity index (χ0v) is 7.72. The summed E-state index contributed by atoms with van der Waals surface area (Å²) in [5.41, 5.74) is 4.55. The first-order chi connectivity index (χ1) is 5.63. The number of rotatable bonds is 2. The molecular formula is C12H14. The van der Waals surface area contributed by atoms with Gasteiger partial charge in [0.05, 0.1) is 0 Å². The molecule has 0 atom stereocenters. The molecule has 0 bridgehead atoms. The molecule has 1 aliphatic carbocycles. The second-order valence-electron chi connectivity index (χ2n) is 3.11. The van der Waals surface area contributed by atoms with Gasteiger partial charge in [0.1, 0.15) is 0 Å². The smallest absolute Gasteiger partial charge is 0.0137 e. The second kappa shape index (κ2) is 3.40. The van der Waals surface area contributed by atoms with E-state index in [9.17, 15) is 0 Å². The van der Waals surface area contributed by atoms with Crippen LogP contribution in [0, 0.1) is 0 Å². The van der Waals surface area contributed by atoms with Gasteiger partial charge >= 0.3 is 0 Å². The molecule has 0 spiro atoms. The molecule has 0 aromatic rings. The van der Waals surface area contributed by atoms with E-state index in [1.807, 2.05) is 26.0 Å². The van der Waals surface area contributed by atoms with E-state index in [4.69, 9.17) is 0 Å². The molecule has 0 aliphatic heterocycles. The lowest BCUT2D eigenvalue weighted by Crippen LogP contribution is -1.89. The lowest BCUT2D eigenvalue weighted by atomic mass is 9.97. The number of hydrogen-bond donors (Lipinski definition) is 0. The Morgan fingerprint density at radius 1 is 1.00 bits per heavy atom. The topological polar surface area (TPSA) is 0 Å². The van der Waals surface area contributed by atoms with E-state index in [1.165, 1.54) is 11.1 Å². The maximum absolute atomic E-state index is 3.93. The highest BCUT2D eigenvalue weighted by atomic mass is 14.1. The van der Waals surface area contributed by atoms with Crippen LogP contribution in [0.2, 0.25) is 0 Å². The van der Waals surface area contributed by atoms with Crippen molar-refractivity contribution in [3.63, 3.8) is 0 Å². The third kappa shape index (κ3) is 1.65. The summed E-state index contributed by atoms with van der Waals surface area (Å²) in [6.07, 6.45) is 8.22. The summed E-state index contributed by atoms with van der Waals surface area (Å²) in [7, 11) is 0. The second-order valence-corrected chi connectivity index (χ2v) is 3.11. The van der Waals surface area contributed by atoms with Crippen molar-refractivity contribution in [2.24, 2.45) is 0 Å². The monoisotopic (exact) mass is 158 g/mol. The maximum Gasteiger partial charge on any atom is -0.0137 e. The van der Waals surface area contributed by atoms with Crippen LogP contribution in [0.15, 0.2) is 59.8 Å². The molecule has 0 saturated carbocycles. The molecule has 0 radical (unpaired) electrons. The Labute approximate surface area is 74.3 Å². The molecule has 0 unspecified atom stereocenters. The molecule has 0 fully saturated rings. The van der Waals surface area contributed by atoms with Crippen LogP contribution >= 0.6 is 0 Å². The molecule has 0 saturated heterocycles. The van der Waals surface area contributed by atoms with Gasteiger partial charge in [-0.2, -0.15) is 0 Å². The highest BCUT2D eigenvalue weighted by molar-refractivity contribution is 5.56. The minimum absolute atomic E-state index is 1.08. The summed E-state index contributed by atoms with van der Waals surface area (Å²) in [4.78, 5) is 0. The van der Waals surface area contributed by atoms with E-state index in [2.05, 4.69) is 25.3 Å². The van der Waals surface area contributed by atoms with Crippen LogP contribution in [0.4, 0.5) is 0 Å². The van der Waals surface area contributed by atoms with Crippen molar-refractivity contribution >= 4 is 0 Å². The highest BCUT2D eigenvalue weighted by Crippen LogP contribution is 2.24. The van der Waals surface area contributed by atoms with Crippen LogP contribution < -0.4 is 0 Å². The minimum atomic E-state index is 1.08. The van der Waals surface area contributed by atoms with Crippen LogP contribution in [0.1, 0.15) is 13.8 Å². The van der Waals surface area contributed by atoms with E-state index in [0.717, 1.165) is 11.1 Å². The fraction of sp³-hybridized carbons (Fsp3) is 0.167. The molecule has 0 aromatic carbocycles. The molecule has 0 amide bonds. The summed E-state index contributed by atoms with van der Waals surface area (Å²) in [5.74, 6) is 0. The van der Waals surface area contributed by atoms with Crippen LogP contribution in [0.5, 0.6) is 0 Å². The van der Waals surface area contributed by atoms with Crippen molar-refractivity contribution in [2.45, 2.75) is 13.8 Å². The zero-order chi connectivity index (χ0) is 9.14. The Balaban J connectivity index is 3.16. The first kappa shape index (κ1) is 8.79.